The molecule has 1 unspecified atom stereocenters. The van der Waals surface area contributed by atoms with Crippen LogP contribution in [0.25, 0.3) is 0 Å². The quantitative estimate of drug-likeness (QED) is 0.798. The summed E-state index contributed by atoms with van der Waals surface area (Å²) in [7, 11) is 0. The van der Waals surface area contributed by atoms with Gasteiger partial charge in [0.15, 0.2) is 0 Å². The molecule has 2 rings (SSSR count). The maximum atomic E-state index is 4.37. The summed E-state index contributed by atoms with van der Waals surface area (Å²) in [6, 6.07) is 4.79. The van der Waals surface area contributed by atoms with Crippen LogP contribution in [0.5, 0.6) is 0 Å². The molecule has 4 heteroatoms. The van der Waals surface area contributed by atoms with E-state index in [1.54, 1.807) is 0 Å². The molecule has 0 aliphatic carbocycles. The third kappa shape index (κ3) is 4.18. The van der Waals surface area contributed by atoms with Gasteiger partial charge in [0.2, 0.25) is 0 Å². The Bertz CT molecular complexity index is 461. The van der Waals surface area contributed by atoms with Crippen molar-refractivity contribution in [3.8, 4) is 0 Å². The molecule has 2 aromatic rings. The predicted octanol–water partition coefficient (Wildman–Crippen LogP) is 3.64. The molecule has 0 fully saturated rings. The van der Waals surface area contributed by atoms with Gasteiger partial charge in [-0.05, 0) is 44.2 Å². The topological polar surface area (TPSA) is 29.9 Å². The average molecular weight is 277 g/mol. The zero-order chi connectivity index (χ0) is 13.5. The fourth-order valence-electron chi connectivity index (χ4n) is 2.30. The van der Waals surface area contributed by atoms with E-state index in [4.69, 9.17) is 0 Å². The number of nitrogens with zero attached hydrogens (tertiary/aromatic N) is 2. The Labute approximate surface area is 119 Å². The number of nitrogens with one attached hydrogen (secondary N) is 1. The molecule has 0 bridgehead atoms. The van der Waals surface area contributed by atoms with Crippen LogP contribution in [0, 0.1) is 0 Å². The highest BCUT2D eigenvalue weighted by Crippen LogP contribution is 2.20. The molecule has 0 aliphatic rings. The number of hydrogen-bond donors (Lipinski definition) is 1. The van der Waals surface area contributed by atoms with E-state index < -0.39 is 0 Å². The van der Waals surface area contributed by atoms with Crippen LogP contribution in [0.2, 0.25) is 0 Å². The summed E-state index contributed by atoms with van der Waals surface area (Å²) in [4.78, 5) is 1.49. The highest BCUT2D eigenvalue weighted by atomic mass is 32.1. The van der Waals surface area contributed by atoms with E-state index in [2.05, 4.69) is 48.0 Å². The summed E-state index contributed by atoms with van der Waals surface area (Å²) in [5.74, 6) is 0. The Morgan fingerprint density at radius 3 is 2.95 bits per heavy atom. The van der Waals surface area contributed by atoms with E-state index in [0.29, 0.717) is 6.04 Å². The molecule has 0 aliphatic heterocycles. The maximum Gasteiger partial charge on any atom is 0.0537 e. The maximum absolute atomic E-state index is 4.37. The van der Waals surface area contributed by atoms with Crippen LogP contribution in [0.3, 0.4) is 0 Å². The molecule has 3 nitrogen and oxygen atoms in total. The summed E-state index contributed by atoms with van der Waals surface area (Å²) >= 11 is 1.85. The number of aryl methyl sites for hydroxylation is 2. The van der Waals surface area contributed by atoms with Crippen LogP contribution in [0.1, 0.15) is 43.2 Å². The fourth-order valence-corrected chi connectivity index (χ4v) is 3.05. The molecule has 0 radical (unpaired) electrons. The first kappa shape index (κ1) is 14.3. The molecule has 1 atom stereocenters. The Kier molecular flexibility index (Phi) is 5.61. The van der Waals surface area contributed by atoms with Gasteiger partial charge in [-0.1, -0.05) is 13.0 Å². The molecule has 2 aromatic heterocycles. The van der Waals surface area contributed by atoms with Crippen LogP contribution in [-0.4, -0.2) is 16.3 Å². The third-order valence-corrected chi connectivity index (χ3v) is 4.26. The van der Waals surface area contributed by atoms with Crippen molar-refractivity contribution >= 4 is 11.3 Å². The summed E-state index contributed by atoms with van der Waals surface area (Å²) < 4.78 is 2.00. The van der Waals surface area contributed by atoms with Gasteiger partial charge in [-0.25, -0.2) is 0 Å². The molecule has 2 heterocycles. The minimum Gasteiger partial charge on any atom is -0.310 e. The van der Waals surface area contributed by atoms with Gasteiger partial charge in [0.05, 0.1) is 6.20 Å². The minimum atomic E-state index is 0.435. The lowest BCUT2D eigenvalue weighted by Crippen LogP contribution is -2.20. The van der Waals surface area contributed by atoms with E-state index >= 15 is 0 Å². The summed E-state index contributed by atoms with van der Waals surface area (Å²) in [5.41, 5.74) is 1.31. The van der Waals surface area contributed by atoms with E-state index in [-0.39, 0.29) is 0 Å². The van der Waals surface area contributed by atoms with Crippen molar-refractivity contribution in [2.24, 2.45) is 0 Å². The summed E-state index contributed by atoms with van der Waals surface area (Å²) in [6.45, 7) is 6.22. The molecule has 0 aromatic carbocycles. The van der Waals surface area contributed by atoms with Crippen LogP contribution in [-0.2, 0) is 13.0 Å². The Morgan fingerprint density at radius 1 is 1.42 bits per heavy atom. The monoisotopic (exact) mass is 277 g/mol. The fraction of sp³-hybridized carbons (Fsp3) is 0.533. The van der Waals surface area contributed by atoms with Gasteiger partial charge in [-0.2, -0.15) is 5.10 Å². The Morgan fingerprint density at radius 2 is 2.32 bits per heavy atom. The van der Waals surface area contributed by atoms with E-state index in [9.17, 15) is 0 Å². The minimum absolute atomic E-state index is 0.435. The van der Waals surface area contributed by atoms with E-state index in [1.807, 2.05) is 22.2 Å². The van der Waals surface area contributed by atoms with Gasteiger partial charge in [0.25, 0.3) is 0 Å². The zero-order valence-electron chi connectivity index (χ0n) is 11.8. The molecular weight excluding hydrogens is 254 g/mol. The molecule has 1 N–H and O–H groups in total. The Balaban J connectivity index is 1.88. The van der Waals surface area contributed by atoms with Gasteiger partial charge in [-0.3, -0.25) is 4.68 Å². The first-order valence-corrected chi connectivity index (χ1v) is 7.99. The second kappa shape index (κ2) is 7.46. The van der Waals surface area contributed by atoms with Gasteiger partial charge in [0, 0.05) is 29.2 Å². The molecule has 19 heavy (non-hydrogen) atoms. The summed E-state index contributed by atoms with van der Waals surface area (Å²) in [5, 5.41) is 10.1. The number of rotatable bonds is 8. The second-order valence-corrected chi connectivity index (χ2v) is 5.74. The first-order valence-electron chi connectivity index (χ1n) is 7.11. The van der Waals surface area contributed by atoms with Crippen molar-refractivity contribution in [1.29, 1.82) is 0 Å². The number of aromatic nitrogens is 2. The molecule has 0 spiro atoms. The number of thiophene rings is 1. The molecule has 0 saturated carbocycles. The van der Waals surface area contributed by atoms with Crippen LogP contribution < -0.4 is 5.32 Å². The molecule has 0 saturated heterocycles. The van der Waals surface area contributed by atoms with Crippen LogP contribution in [0.4, 0.5) is 0 Å². The van der Waals surface area contributed by atoms with Gasteiger partial charge >= 0.3 is 0 Å². The van der Waals surface area contributed by atoms with Crippen LogP contribution in [0.15, 0.2) is 29.9 Å². The van der Waals surface area contributed by atoms with Gasteiger partial charge in [-0.15, -0.1) is 11.3 Å². The van der Waals surface area contributed by atoms with Gasteiger partial charge in [0.1, 0.15) is 0 Å². The number of hydrogen-bond acceptors (Lipinski definition) is 3. The molecule has 104 valence electrons. The standard InChI is InChI=1S/C15H23N3S/c1-3-16-15(13-11-17-18(4-2)12-13)9-5-7-14-8-6-10-19-14/h6,8,10-12,15-16H,3-5,7,9H2,1-2H3. The highest BCUT2D eigenvalue weighted by molar-refractivity contribution is 7.09. The van der Waals surface area contributed by atoms with Crippen molar-refractivity contribution in [3.63, 3.8) is 0 Å². The zero-order valence-corrected chi connectivity index (χ0v) is 12.6. The lowest BCUT2D eigenvalue weighted by atomic mass is 10.0. The smallest absolute Gasteiger partial charge is 0.0537 e. The summed E-state index contributed by atoms with van der Waals surface area (Å²) in [6.07, 6.45) is 7.73. The van der Waals surface area contributed by atoms with Gasteiger partial charge < -0.3 is 5.32 Å². The van der Waals surface area contributed by atoms with Crippen molar-refractivity contribution in [2.75, 3.05) is 6.54 Å². The largest absolute Gasteiger partial charge is 0.310 e. The van der Waals surface area contributed by atoms with Crippen molar-refractivity contribution in [3.05, 3.63) is 40.3 Å². The van der Waals surface area contributed by atoms with Crippen LogP contribution >= 0.6 is 11.3 Å². The van der Waals surface area contributed by atoms with Crippen molar-refractivity contribution in [2.45, 2.75) is 45.7 Å². The SMILES string of the molecule is CCNC(CCCc1cccs1)c1cnn(CC)c1. The van der Waals surface area contributed by atoms with Crippen molar-refractivity contribution < 1.29 is 0 Å². The molecule has 0 amide bonds. The lowest BCUT2D eigenvalue weighted by molar-refractivity contribution is 0.498. The highest BCUT2D eigenvalue weighted by Gasteiger charge is 2.12. The lowest BCUT2D eigenvalue weighted by Gasteiger charge is -2.16. The van der Waals surface area contributed by atoms with E-state index in [1.165, 1.54) is 29.7 Å². The second-order valence-electron chi connectivity index (χ2n) is 4.71. The Hall–Kier alpha value is -1.13. The predicted molar refractivity (Wildman–Crippen MR) is 81.6 cm³/mol. The molecular formula is C15H23N3S. The van der Waals surface area contributed by atoms with Crippen molar-refractivity contribution in [1.82, 2.24) is 15.1 Å². The third-order valence-electron chi connectivity index (χ3n) is 3.33. The average Bonchev–Trinajstić information content (AvgIpc) is 3.09. The first-order chi connectivity index (χ1) is 9.33. The normalized spacial score (nSPS) is 12.7. The van der Waals surface area contributed by atoms with E-state index in [0.717, 1.165) is 13.1 Å².